The molecule has 0 saturated heterocycles. The van der Waals surface area contributed by atoms with Crippen LogP contribution in [-0.2, 0) is 29.1 Å². The topological polar surface area (TPSA) is 219 Å². The molecule has 2 amide bonds. The van der Waals surface area contributed by atoms with Crippen molar-refractivity contribution in [3.05, 3.63) is 101 Å². The summed E-state index contributed by atoms with van der Waals surface area (Å²) in [6.45, 7) is 8.80. The molecule has 282 valence electrons. The van der Waals surface area contributed by atoms with Gasteiger partial charge in [0.1, 0.15) is 0 Å². The Morgan fingerprint density at radius 2 is 1.08 bits per heavy atom. The monoisotopic (exact) mass is 814 g/mol. The first-order valence-corrected chi connectivity index (χ1v) is 21.6. The quantitative estimate of drug-likeness (QED) is 0.231. The smallest absolute Gasteiger partial charge is 0.335 e. The van der Waals surface area contributed by atoms with E-state index in [1.807, 2.05) is 11.5 Å². The first-order valence-electron chi connectivity index (χ1n) is 15.5. The van der Waals surface area contributed by atoms with Crippen molar-refractivity contribution in [3.63, 3.8) is 0 Å². The second-order valence-corrected chi connectivity index (χ2v) is 17.8. The Morgan fingerprint density at radius 3 is 1.40 bits per heavy atom. The molecule has 0 aliphatic carbocycles. The molecule has 0 atom stereocenters. The lowest BCUT2D eigenvalue weighted by atomic mass is 10.2. The molecule has 3 aromatic carbocycles. The number of allylic oxidation sites excluding steroid dienone is 1. The summed E-state index contributed by atoms with van der Waals surface area (Å²) in [6, 6.07) is 16.2. The normalized spacial score (nSPS) is 13.6. The van der Waals surface area contributed by atoms with Crippen molar-refractivity contribution in [3.8, 4) is 0 Å². The van der Waals surface area contributed by atoms with E-state index in [1.54, 1.807) is 27.7 Å². The summed E-state index contributed by atoms with van der Waals surface area (Å²) < 4.78 is 73.1. The number of amides is 2. The zero-order chi connectivity index (χ0) is 39.3. The number of carbonyl (C=O) groups is 3. The Labute approximate surface area is 312 Å². The lowest BCUT2D eigenvalue weighted by molar-refractivity contribution is 0.0696. The van der Waals surface area contributed by atoms with Gasteiger partial charge in [0.25, 0.3) is 15.0 Å². The number of rotatable bonds is 12. The third-order valence-corrected chi connectivity index (χ3v) is 13.5. The molecule has 3 N–H and O–H groups in total. The van der Waals surface area contributed by atoms with Gasteiger partial charge in [-0.2, -0.15) is 8.61 Å². The first-order chi connectivity index (χ1) is 24.3. The number of thioether (sulfide) groups is 1. The maximum absolute atomic E-state index is 12.4. The van der Waals surface area contributed by atoms with Crippen molar-refractivity contribution >= 4 is 74.4 Å². The van der Waals surface area contributed by atoms with Gasteiger partial charge < -0.3 is 10.8 Å². The molecule has 0 bridgehead atoms. The molecule has 0 saturated carbocycles. The first kappa shape index (κ1) is 44.3. The van der Waals surface area contributed by atoms with E-state index >= 15 is 0 Å². The van der Waals surface area contributed by atoms with Gasteiger partial charge in [0.2, 0.25) is 26.0 Å². The Balaban J connectivity index is 0.000000280. The minimum Gasteiger partial charge on any atom is -0.478 e. The van der Waals surface area contributed by atoms with Crippen LogP contribution in [0, 0.1) is 0 Å². The number of halogens is 1. The number of nitrogens with zero attached hydrogens (tertiary/aromatic N) is 3. The fourth-order valence-corrected chi connectivity index (χ4v) is 8.68. The average Bonchev–Trinajstić information content (AvgIpc) is 3.62. The minimum atomic E-state index is -3.77. The number of benzene rings is 3. The number of sulfonamides is 2. The van der Waals surface area contributed by atoms with Crippen molar-refractivity contribution in [1.82, 2.24) is 8.61 Å². The second kappa shape index (κ2) is 19.8. The van der Waals surface area contributed by atoms with E-state index in [-0.39, 0.29) is 26.2 Å². The number of nitrogens with two attached hydrogens (primary N) is 1. The van der Waals surface area contributed by atoms with E-state index < -0.39 is 41.0 Å². The van der Waals surface area contributed by atoms with Crippen LogP contribution in [-0.4, -0.2) is 88.0 Å². The highest BCUT2D eigenvalue weighted by molar-refractivity contribution is 8.16. The number of carboxylic acids is 1. The summed E-state index contributed by atoms with van der Waals surface area (Å²) >= 11 is 1.43. The van der Waals surface area contributed by atoms with Crippen LogP contribution in [0.5, 0.6) is 0 Å². The lowest BCUT2D eigenvalue weighted by Gasteiger charge is -2.18. The highest BCUT2D eigenvalue weighted by atomic mass is 35.7. The van der Waals surface area contributed by atoms with E-state index in [0.29, 0.717) is 43.7 Å². The predicted molar refractivity (Wildman–Crippen MR) is 201 cm³/mol. The predicted octanol–water partition coefficient (Wildman–Crippen LogP) is 5.03. The van der Waals surface area contributed by atoms with E-state index in [2.05, 4.69) is 4.99 Å². The number of carboxylic acid groups (broad SMARTS) is 1. The van der Waals surface area contributed by atoms with Crippen molar-refractivity contribution in [2.75, 3.05) is 26.2 Å². The van der Waals surface area contributed by atoms with Crippen molar-refractivity contribution in [2.45, 2.75) is 48.8 Å². The van der Waals surface area contributed by atoms with Gasteiger partial charge in [-0.25, -0.2) is 35.0 Å². The highest BCUT2D eigenvalue weighted by Gasteiger charge is 2.23. The van der Waals surface area contributed by atoms with Gasteiger partial charge in [-0.05, 0) is 78.2 Å². The number of carbonyl (C=O) groups excluding carboxylic acids is 2. The molecule has 0 aromatic heterocycles. The summed E-state index contributed by atoms with van der Waals surface area (Å²) in [6.07, 6.45) is 2.61. The molecule has 1 heterocycles. The van der Waals surface area contributed by atoms with E-state index in [0.717, 1.165) is 17.2 Å². The molecule has 1 aliphatic heterocycles. The largest absolute Gasteiger partial charge is 0.478 e. The Hall–Kier alpha value is -3.91. The van der Waals surface area contributed by atoms with Crippen molar-refractivity contribution in [2.24, 2.45) is 10.7 Å². The second-order valence-electron chi connectivity index (χ2n) is 10.4. The molecule has 4 rings (SSSR count). The number of aromatic carboxylic acids is 1. The van der Waals surface area contributed by atoms with Crippen molar-refractivity contribution < 1.29 is 44.7 Å². The Kier molecular flexibility index (Phi) is 16.8. The molecule has 0 spiro atoms. The molecule has 52 heavy (non-hydrogen) atoms. The standard InChI is InChI=1S/C15H18N2O3S2.C11H16N2O3S.C7H5ClO4S/c1-3-17(4-2)22(19,20)13-9-7-12(8-10-13)15(18)16-14-6-5-11-21-14;1-3-13(4-2)17(15,16)10-7-5-9(6-8-10)11(12)14;8-13(11,12)6-3-1-5(2-4-6)7(9)10/h5,7-11H,3-4,6H2,1-2H3;5-8H,3-4H2,1-2H3,(H2,12,14);1-4H,(H,9,10). The van der Waals surface area contributed by atoms with Gasteiger partial charge in [0, 0.05) is 54.4 Å². The molecule has 0 unspecified atom stereocenters. The van der Waals surface area contributed by atoms with Gasteiger partial charge in [0.15, 0.2) is 0 Å². The van der Waals surface area contributed by atoms with Gasteiger partial charge in [-0.15, -0.1) is 0 Å². The van der Waals surface area contributed by atoms with E-state index in [9.17, 15) is 39.6 Å². The number of aliphatic imine (C=N–C) groups is 1. The van der Waals surface area contributed by atoms with Crippen LogP contribution in [0.15, 0.2) is 104 Å². The number of hydrogen-bond acceptors (Lipinski definition) is 10. The maximum Gasteiger partial charge on any atom is 0.335 e. The molecule has 1 aliphatic rings. The summed E-state index contributed by atoms with van der Waals surface area (Å²) in [7, 11) is -5.71. The van der Waals surface area contributed by atoms with Gasteiger partial charge in [0.05, 0.1) is 25.3 Å². The van der Waals surface area contributed by atoms with Crippen LogP contribution in [0.25, 0.3) is 0 Å². The van der Waals surface area contributed by atoms with Crippen LogP contribution in [0.1, 0.15) is 65.2 Å². The molecular formula is C33H39ClN4O10S4. The summed E-state index contributed by atoms with van der Waals surface area (Å²) in [5.41, 5.74) is 5.79. The highest BCUT2D eigenvalue weighted by Crippen LogP contribution is 2.21. The van der Waals surface area contributed by atoms with Gasteiger partial charge in [-0.3, -0.25) is 9.59 Å². The number of primary amides is 1. The Bertz CT molecular complexity index is 2090. The van der Waals surface area contributed by atoms with Crippen LogP contribution in [0.3, 0.4) is 0 Å². The zero-order valence-corrected chi connectivity index (χ0v) is 32.7. The van der Waals surface area contributed by atoms with E-state index in [1.165, 1.54) is 81.0 Å². The third-order valence-electron chi connectivity index (χ3n) is 7.13. The molecule has 0 radical (unpaired) electrons. The third kappa shape index (κ3) is 12.4. The molecule has 19 heteroatoms. The average molecular weight is 815 g/mol. The summed E-state index contributed by atoms with van der Waals surface area (Å²) in [5, 5.41) is 11.1. The van der Waals surface area contributed by atoms with Crippen LogP contribution < -0.4 is 5.73 Å². The van der Waals surface area contributed by atoms with Crippen LogP contribution in [0.4, 0.5) is 0 Å². The molecule has 0 fully saturated rings. The Morgan fingerprint density at radius 1 is 0.692 bits per heavy atom. The molecule has 3 aromatic rings. The van der Waals surface area contributed by atoms with Gasteiger partial charge in [-0.1, -0.05) is 45.5 Å². The molecule has 14 nitrogen and oxygen atoms in total. The maximum atomic E-state index is 12.4. The fraction of sp³-hybridized carbons (Fsp3) is 0.273. The van der Waals surface area contributed by atoms with Crippen LogP contribution >= 0.6 is 22.4 Å². The van der Waals surface area contributed by atoms with Crippen LogP contribution in [0.2, 0.25) is 0 Å². The minimum absolute atomic E-state index is 0.0177. The fourth-order valence-electron chi connectivity index (χ4n) is 4.32. The number of hydrogen-bond donors (Lipinski definition) is 2. The zero-order valence-electron chi connectivity index (χ0n) is 28.7. The van der Waals surface area contributed by atoms with Gasteiger partial charge >= 0.3 is 5.97 Å². The molecular weight excluding hydrogens is 776 g/mol. The van der Waals surface area contributed by atoms with Crippen molar-refractivity contribution in [1.29, 1.82) is 0 Å². The summed E-state index contributed by atoms with van der Waals surface area (Å²) in [4.78, 5) is 37.5. The SMILES string of the molecule is CCN(CC)S(=O)(=O)c1ccc(C(=O)N=C2CC=CS2)cc1.CCN(CC)S(=O)(=O)c1ccc(C(N)=O)cc1.O=C(O)c1ccc(S(=O)(=O)Cl)cc1. The van der Waals surface area contributed by atoms with E-state index in [4.69, 9.17) is 21.5 Å². The lowest BCUT2D eigenvalue weighted by Crippen LogP contribution is -2.30. The summed E-state index contributed by atoms with van der Waals surface area (Å²) in [5.74, 6) is -2.03.